The Balaban J connectivity index is 0.000000291. The standard InChI is InChI=1S/C38H47N5O12.C33H39N5O10/c1-23(27-10-5-6-12-30(27)43(50)51)22-52-37(49)41-29(11-7-8-16-40-36(48)55-38(2,3)4)34(46)42-17-9-13-31(42)35(47)53-26-14-15-28-24(18-25(44)21-39)19-33(45)54-32(28)20-26;1-20(24-7-2-3-9-27(24)38(44)45)19-46-33(43)36-26(8-4-5-13-34)31(41)37-14-6-10-28(37)32(42)47-23-11-12-25-21(15-22(39)18-35)16-30(40)48-29(25)17-23/h5-6,10,12,14-15,19-20,23,29,31H,7-9,11,13,16-18,21-22,39H2,1-4H3,(H,40,48)(H,41,49);2-3,7,9,11-12,16-17,20,26,28H,4-6,8,10,13-15,18-19,34-35H2,1H3,(H,36,43)/t23?,29-,31-;20?,26-,28-/m00/s1. The lowest BCUT2D eigenvalue weighted by atomic mass is 10.0. The van der Waals surface area contributed by atoms with Gasteiger partial charge in [0.2, 0.25) is 11.8 Å². The maximum absolute atomic E-state index is 14.0. The molecule has 5 amide bonds. The number of rotatable bonds is 31. The van der Waals surface area contributed by atoms with E-state index in [4.69, 9.17) is 49.7 Å². The first-order valence-corrected chi connectivity index (χ1v) is 33.7. The Morgan fingerprint density at radius 1 is 0.583 bits per heavy atom. The molecule has 0 aliphatic carbocycles. The van der Waals surface area contributed by atoms with Crippen LogP contribution < -0.4 is 53.9 Å². The second kappa shape index (κ2) is 37.6. The van der Waals surface area contributed by atoms with Crippen molar-refractivity contribution in [2.24, 2.45) is 17.2 Å². The SMILES string of the molecule is CC(COC(=O)N[C@@H](CCCCN)C(=O)N1CCC[C@H]1C(=O)Oc1ccc2c(CC(=O)CN)cc(=O)oc2c1)c1ccccc1[N+](=O)[O-].CC(COC(=O)N[C@@H](CCCCNC(=O)OC(C)(C)C)C(=O)N1CCC[C@H]1C(=O)Oc1ccc2c(CC(=O)CN)cc(=O)oc2c1)c1ccccc1[N+](=O)[O-]. The Kier molecular flexibility index (Phi) is 29.0. The number of amides is 5. The van der Waals surface area contributed by atoms with E-state index in [-0.39, 0.29) is 124 Å². The Morgan fingerprint density at radius 3 is 1.40 bits per heavy atom. The van der Waals surface area contributed by atoms with Crippen LogP contribution in [-0.4, -0.2) is 155 Å². The van der Waals surface area contributed by atoms with Crippen molar-refractivity contribution < 1.29 is 85.5 Å². The minimum absolute atomic E-state index is 0.0470. The van der Waals surface area contributed by atoms with Gasteiger partial charge in [0, 0.05) is 103 Å². The molecule has 0 saturated carbocycles. The van der Waals surface area contributed by atoms with Gasteiger partial charge in [0.05, 0.1) is 22.9 Å². The zero-order chi connectivity index (χ0) is 75.1. The summed E-state index contributed by atoms with van der Waals surface area (Å²) in [5, 5.41) is 31.7. The lowest BCUT2D eigenvalue weighted by Crippen LogP contribution is -2.52. The monoisotopic (exact) mass is 1430 g/mol. The zero-order valence-electron chi connectivity index (χ0n) is 57.8. The molecule has 2 saturated heterocycles. The summed E-state index contributed by atoms with van der Waals surface area (Å²) in [6, 6.07) is 19.4. The highest BCUT2D eigenvalue weighted by molar-refractivity contribution is 5.94. The summed E-state index contributed by atoms with van der Waals surface area (Å²) in [6.07, 6.45) is 1.35. The predicted molar refractivity (Wildman–Crippen MR) is 372 cm³/mol. The van der Waals surface area contributed by atoms with E-state index < -0.39 is 105 Å². The van der Waals surface area contributed by atoms with Gasteiger partial charge < -0.3 is 75.5 Å². The molecule has 9 N–H and O–H groups in total. The van der Waals surface area contributed by atoms with E-state index in [0.29, 0.717) is 84.5 Å². The van der Waals surface area contributed by atoms with Crippen LogP contribution in [0.2, 0.25) is 0 Å². The topological polar surface area (TPSA) is 467 Å². The predicted octanol–water partition coefficient (Wildman–Crippen LogP) is 6.96. The minimum atomic E-state index is -1.13. The number of carbonyl (C=O) groups excluding carboxylic acids is 9. The van der Waals surface area contributed by atoms with Crippen molar-refractivity contribution in [3.8, 4) is 11.5 Å². The first kappa shape index (κ1) is 79.3. The summed E-state index contributed by atoms with van der Waals surface area (Å²) in [4.78, 5) is 165. The van der Waals surface area contributed by atoms with Gasteiger partial charge in [-0.2, -0.15) is 0 Å². The zero-order valence-corrected chi connectivity index (χ0v) is 57.8. The van der Waals surface area contributed by atoms with E-state index in [9.17, 15) is 73.0 Å². The molecule has 0 bridgehead atoms. The first-order chi connectivity index (χ1) is 49.1. The molecule has 4 heterocycles. The number of esters is 2. The van der Waals surface area contributed by atoms with Gasteiger partial charge in [0.1, 0.15) is 65.6 Å². The summed E-state index contributed by atoms with van der Waals surface area (Å²) >= 11 is 0. The van der Waals surface area contributed by atoms with Gasteiger partial charge in [-0.15, -0.1) is 0 Å². The molecule has 6 atom stereocenters. The normalized spacial score (nSPS) is 15.3. The molecule has 2 fully saturated rings. The molecule has 32 heteroatoms. The fourth-order valence-electron chi connectivity index (χ4n) is 11.8. The van der Waals surface area contributed by atoms with Crippen LogP contribution in [0.4, 0.5) is 25.8 Å². The smallest absolute Gasteiger partial charge is 0.407 e. The molecule has 2 unspecified atom stereocenters. The molecule has 0 radical (unpaired) electrons. The van der Waals surface area contributed by atoms with Gasteiger partial charge in [-0.1, -0.05) is 50.2 Å². The van der Waals surface area contributed by atoms with E-state index >= 15 is 0 Å². The molecule has 4 aromatic carbocycles. The average molecular weight is 1430 g/mol. The third kappa shape index (κ3) is 23.0. The van der Waals surface area contributed by atoms with Crippen molar-refractivity contribution in [2.45, 2.75) is 153 Å². The highest BCUT2D eigenvalue weighted by Crippen LogP contribution is 2.31. The largest absolute Gasteiger partial charge is 0.449 e. The number of nitrogens with two attached hydrogens (primary N) is 3. The van der Waals surface area contributed by atoms with Crippen LogP contribution in [0.25, 0.3) is 21.9 Å². The van der Waals surface area contributed by atoms with Crippen molar-refractivity contribution in [3.63, 3.8) is 0 Å². The Morgan fingerprint density at radius 2 is 1.00 bits per heavy atom. The number of alkyl carbamates (subject to hydrolysis) is 3. The lowest BCUT2D eigenvalue weighted by molar-refractivity contribution is -0.385. The summed E-state index contributed by atoms with van der Waals surface area (Å²) in [5.41, 5.74) is 16.1. The molecule has 32 nitrogen and oxygen atoms in total. The number of carbonyl (C=O) groups is 9. The number of nitro groups is 2. The van der Waals surface area contributed by atoms with Crippen LogP contribution >= 0.6 is 0 Å². The van der Waals surface area contributed by atoms with Crippen LogP contribution in [0.5, 0.6) is 11.5 Å². The maximum Gasteiger partial charge on any atom is 0.407 e. The van der Waals surface area contributed by atoms with Crippen LogP contribution in [0.1, 0.15) is 133 Å². The Labute approximate surface area is 590 Å². The molecule has 2 aromatic heterocycles. The number of hydrogen-bond donors (Lipinski definition) is 6. The van der Waals surface area contributed by atoms with Crippen molar-refractivity contribution in [1.82, 2.24) is 25.8 Å². The number of nitrogens with one attached hydrogen (secondary N) is 3. The third-order valence-corrected chi connectivity index (χ3v) is 16.9. The molecule has 2 aliphatic heterocycles. The van der Waals surface area contributed by atoms with Crippen LogP contribution in [-0.2, 0) is 55.8 Å². The van der Waals surface area contributed by atoms with Gasteiger partial charge in [0.25, 0.3) is 11.4 Å². The molecular weight excluding hydrogens is 1340 g/mol. The lowest BCUT2D eigenvalue weighted by Gasteiger charge is -2.28. The molecular formula is C71H86N10O22. The number of benzene rings is 4. The summed E-state index contributed by atoms with van der Waals surface area (Å²) in [5.74, 6) is -3.96. The van der Waals surface area contributed by atoms with Gasteiger partial charge in [0.15, 0.2) is 11.6 Å². The number of unbranched alkanes of at least 4 members (excludes halogenated alkanes) is 2. The second-order valence-corrected chi connectivity index (χ2v) is 25.8. The quantitative estimate of drug-likeness (QED) is 0.00487. The number of hydrogen-bond acceptors (Lipinski definition) is 25. The van der Waals surface area contributed by atoms with Crippen molar-refractivity contribution >= 4 is 86.9 Å². The van der Waals surface area contributed by atoms with E-state index in [1.807, 2.05) is 0 Å². The molecule has 0 spiro atoms. The second-order valence-electron chi connectivity index (χ2n) is 25.8. The minimum Gasteiger partial charge on any atom is -0.449 e. The van der Waals surface area contributed by atoms with E-state index in [1.54, 1.807) is 77.1 Å². The summed E-state index contributed by atoms with van der Waals surface area (Å²) in [7, 11) is 0. The average Bonchev–Trinajstić information content (AvgIpc) is 1.79. The van der Waals surface area contributed by atoms with Crippen LogP contribution in [0.3, 0.4) is 0 Å². The van der Waals surface area contributed by atoms with E-state index in [2.05, 4.69) is 16.0 Å². The number of nitro benzene ring substituents is 2. The van der Waals surface area contributed by atoms with Gasteiger partial charge in [-0.05, 0) is 127 Å². The number of likely N-dealkylation sites (tertiary alicyclic amines) is 2. The van der Waals surface area contributed by atoms with Gasteiger partial charge in [-0.25, -0.2) is 33.6 Å². The molecule has 103 heavy (non-hydrogen) atoms. The van der Waals surface area contributed by atoms with Crippen molar-refractivity contribution in [1.29, 1.82) is 0 Å². The van der Waals surface area contributed by atoms with Crippen LogP contribution in [0, 0.1) is 20.2 Å². The summed E-state index contributed by atoms with van der Waals surface area (Å²) < 4.78 is 37.8. The number of ketones is 2. The highest BCUT2D eigenvalue weighted by atomic mass is 16.6. The number of para-hydroxylation sites is 2. The highest BCUT2D eigenvalue weighted by Gasteiger charge is 2.41. The molecule has 552 valence electrons. The number of Topliss-reactive ketones (excluding diaryl/α,β-unsaturated/α-hetero) is 2. The Hall–Kier alpha value is -11.0. The number of ether oxygens (including phenoxy) is 5. The molecule has 8 rings (SSSR count). The van der Waals surface area contributed by atoms with Crippen LogP contribution in [0.15, 0.2) is 115 Å². The van der Waals surface area contributed by atoms with E-state index in [1.165, 1.54) is 64.4 Å². The van der Waals surface area contributed by atoms with Gasteiger partial charge >= 0.3 is 41.5 Å². The maximum atomic E-state index is 14.0. The fraction of sp³-hybridized carbons (Fsp3) is 0.451. The molecule has 6 aromatic rings. The fourth-order valence-corrected chi connectivity index (χ4v) is 11.8. The third-order valence-electron chi connectivity index (χ3n) is 16.9. The number of fused-ring (bicyclic) bond motifs is 2. The van der Waals surface area contributed by atoms with Gasteiger partial charge in [-0.3, -0.25) is 39.4 Å². The van der Waals surface area contributed by atoms with Crippen molar-refractivity contribution in [2.75, 3.05) is 52.5 Å². The van der Waals surface area contributed by atoms with E-state index in [0.717, 1.165) is 0 Å². The first-order valence-electron chi connectivity index (χ1n) is 33.7. The molecule has 2 aliphatic rings. The number of nitrogens with zero attached hydrogens (tertiary/aromatic N) is 4. The van der Waals surface area contributed by atoms with Crippen molar-refractivity contribution in [3.05, 3.63) is 160 Å². The Bertz CT molecular complexity index is 4210. The summed E-state index contributed by atoms with van der Waals surface area (Å²) in [6.45, 7) is 8.88.